The Bertz CT molecular complexity index is 8130. The predicted octanol–water partition coefficient (Wildman–Crippen LogP) is 21.7. The first-order valence-corrected chi connectivity index (χ1v) is 46.0. The molecule has 33 heteroatoms. The van der Waals surface area contributed by atoms with Crippen LogP contribution in [0.5, 0.6) is 46.0 Å². The molecule has 1 aliphatic rings. The van der Waals surface area contributed by atoms with Gasteiger partial charge < -0.3 is 49.5 Å². The van der Waals surface area contributed by atoms with Crippen molar-refractivity contribution in [1.29, 1.82) is 0 Å². The maximum Gasteiger partial charge on any atom is 0.488 e. The van der Waals surface area contributed by atoms with Crippen LogP contribution in [0.3, 0.4) is 0 Å². The quantitative estimate of drug-likeness (QED) is 0.0168. The van der Waals surface area contributed by atoms with Gasteiger partial charge in [-0.25, -0.2) is 24.0 Å². The number of carbonyl (C=O) groups is 5. The highest BCUT2D eigenvalue weighted by Gasteiger charge is 2.30. The fourth-order valence-corrected chi connectivity index (χ4v) is 15.2. The van der Waals surface area contributed by atoms with Gasteiger partial charge in [-0.2, -0.15) is 0 Å². The van der Waals surface area contributed by atoms with E-state index >= 15 is 0 Å². The molecule has 7 N–H and O–H groups in total. The van der Waals surface area contributed by atoms with Gasteiger partial charge in [0, 0.05) is 77.5 Å². The van der Waals surface area contributed by atoms with Gasteiger partial charge in [0.25, 0.3) is 0 Å². The SMILES string of the molecule is C=CC(=O)Cl.C=CC(=O)Nc1cccc(-n2c(=O)n(-c3cccc(Oc4ccccc4)c3)c3cnccc32)c1.CC(C)(C)OC(=O)Nc1cccc(-n2c(=O)n(-c3cccc(Oc4ccccc4)c3)c3cnccc32)c1.CC(C)(C)OC(=O)Nc1cccc(N2C(=O)Cc3cnccc32)c1.Nc1cccc(-n2c(=O)n(-c3cccc(Oc4ccccc4)c3)c3cnccc32)c1.OB(O)c1cccc(Oc2ccccc2)c1. The molecule has 0 bridgehead atoms. The zero-order chi connectivity index (χ0) is 103. The molecule has 0 saturated carbocycles. The lowest BCUT2D eigenvalue weighted by molar-refractivity contribution is -0.116. The molecule has 8 heterocycles. The molecule has 0 radical (unpaired) electrons. The van der Waals surface area contributed by atoms with Crippen LogP contribution in [0.15, 0.2) is 429 Å². The van der Waals surface area contributed by atoms with Crippen molar-refractivity contribution >= 4 is 121 Å². The number of nitrogens with one attached hydrogen (secondary N) is 3. The molecule has 4 amide bonds. The second-order valence-corrected chi connectivity index (χ2v) is 34.5. The number of amides is 4. The highest BCUT2D eigenvalue weighted by atomic mass is 35.5. The zero-order valence-corrected chi connectivity index (χ0v) is 80.5. The van der Waals surface area contributed by atoms with Crippen LogP contribution in [0.2, 0.25) is 0 Å². The van der Waals surface area contributed by atoms with Crippen LogP contribution in [0, 0.1) is 0 Å². The number of para-hydroxylation sites is 4. The van der Waals surface area contributed by atoms with Crippen LogP contribution in [-0.4, -0.2) is 105 Å². The van der Waals surface area contributed by atoms with E-state index in [0.29, 0.717) is 142 Å². The van der Waals surface area contributed by atoms with E-state index in [2.05, 4.69) is 49.0 Å². The Hall–Kier alpha value is -19.0. The van der Waals surface area contributed by atoms with Crippen LogP contribution in [0.4, 0.5) is 43.7 Å². The van der Waals surface area contributed by atoms with Crippen molar-refractivity contribution in [2.24, 2.45) is 0 Å². The molecule has 1 aliphatic heterocycles. The summed E-state index contributed by atoms with van der Waals surface area (Å²) in [5, 5.41) is 25.7. The standard InChI is InChI=1S/C29H26N4O4.C27H20N4O3.C24H18N4O2.C18H19N3O3.C12H11BO3.C3H3ClO/c1-29(2,3)37-27(34)31-20-9-7-10-21(17-20)32-25-15-16-30-19-26(25)33(28(32)35)22-11-8-14-24(18-22)36-23-12-5-4-6-13-23;1-2-26(32)29-19-8-6-9-20(16-19)30-24-14-15-28-18-25(24)31(27(30)33)21-10-7-13-23(17-21)34-22-11-4-3-5-12-22;25-17-6-4-7-18(14-17)27-22-12-13-26-16-23(22)28(24(27)29)19-8-5-11-21(15-19)30-20-9-2-1-3-10-20;1-18(2,3)24-17(23)20-13-5-4-6-14(10-13)21-15-7-8-19-11-12(15)9-16(21)22;14-13(15)10-5-4-8-12(9-10)16-11-6-2-1-3-7-11;1-2-3(4)5/h4-19H,1-3H3,(H,31,34);2-18H,1H2,(H,29,32);1-16H,25H2;4-8,10-11H,9H2,1-3H3,(H,20,23);1-9,14-15H;2H,1H2. The summed E-state index contributed by atoms with van der Waals surface area (Å²) in [6.45, 7) is 17.4. The summed E-state index contributed by atoms with van der Waals surface area (Å²) in [6, 6.07) is 102. The maximum absolute atomic E-state index is 13.8. The predicted molar refractivity (Wildman–Crippen MR) is 568 cm³/mol. The summed E-state index contributed by atoms with van der Waals surface area (Å²) in [6.07, 6.45) is 14.8. The summed E-state index contributed by atoms with van der Waals surface area (Å²) in [5.74, 6) is 4.92. The molecular formula is C113H97BClN15O16. The van der Waals surface area contributed by atoms with Gasteiger partial charge >= 0.3 is 36.4 Å². The molecule has 12 aromatic carbocycles. The molecule has 20 rings (SSSR count). The number of hydrogen-bond donors (Lipinski definition) is 6. The average molecular weight is 1970 g/mol. The largest absolute Gasteiger partial charge is 0.488 e. The molecule has 146 heavy (non-hydrogen) atoms. The highest BCUT2D eigenvalue weighted by molar-refractivity contribution is 6.66. The smallest absolute Gasteiger partial charge is 0.457 e. The topological polar surface area (TPSA) is 379 Å². The van der Waals surface area contributed by atoms with Gasteiger partial charge in [0.15, 0.2) is 0 Å². The van der Waals surface area contributed by atoms with Crippen molar-refractivity contribution in [2.45, 2.75) is 59.2 Å². The number of benzene rings is 12. The van der Waals surface area contributed by atoms with Gasteiger partial charge in [0.2, 0.25) is 17.1 Å². The van der Waals surface area contributed by atoms with Crippen LogP contribution in [0.25, 0.3) is 67.2 Å². The monoisotopic (exact) mass is 1970 g/mol. The number of pyridine rings is 4. The highest BCUT2D eigenvalue weighted by Crippen LogP contribution is 2.38. The minimum Gasteiger partial charge on any atom is -0.457 e. The van der Waals surface area contributed by atoms with Crippen LogP contribution in [0.1, 0.15) is 47.1 Å². The first-order valence-electron chi connectivity index (χ1n) is 45.6. The number of rotatable bonds is 21. The van der Waals surface area contributed by atoms with Crippen LogP contribution >= 0.6 is 11.6 Å². The number of nitrogens with two attached hydrogens (primary N) is 1. The number of hydrogen-bond acceptors (Lipinski definition) is 21. The van der Waals surface area contributed by atoms with Gasteiger partial charge in [-0.1, -0.05) is 141 Å². The summed E-state index contributed by atoms with van der Waals surface area (Å²) in [5.41, 5.74) is 17.0. The molecule has 7 aromatic heterocycles. The minimum atomic E-state index is -1.47. The molecule has 0 saturated heterocycles. The maximum atomic E-state index is 13.8. The minimum absolute atomic E-state index is 0.0209. The Morgan fingerprint density at radius 3 is 1.01 bits per heavy atom. The number of halogens is 1. The Labute approximate surface area is 842 Å². The normalized spacial score (nSPS) is 11.2. The van der Waals surface area contributed by atoms with Crippen LogP contribution < -0.4 is 68.1 Å². The third kappa shape index (κ3) is 26.2. The second kappa shape index (κ2) is 46.8. The fourth-order valence-electron chi connectivity index (χ4n) is 15.2. The van der Waals surface area contributed by atoms with Gasteiger partial charge in [-0.15, -0.1) is 0 Å². The first kappa shape index (κ1) is 101. The molecule has 0 unspecified atom stereocenters. The third-order valence-electron chi connectivity index (χ3n) is 21.3. The van der Waals surface area contributed by atoms with Crippen molar-refractivity contribution in [3.05, 3.63) is 452 Å². The van der Waals surface area contributed by atoms with Gasteiger partial charge in [-0.05, 0) is 265 Å². The summed E-state index contributed by atoms with van der Waals surface area (Å²) in [7, 11) is -1.47. The molecule has 0 atom stereocenters. The van der Waals surface area contributed by atoms with E-state index in [4.69, 9.17) is 55.8 Å². The van der Waals surface area contributed by atoms with Gasteiger partial charge in [-0.3, -0.25) is 77.3 Å². The van der Waals surface area contributed by atoms with E-state index in [-0.39, 0.29) is 28.9 Å². The molecule has 0 fully saturated rings. The second-order valence-electron chi connectivity index (χ2n) is 34.2. The Morgan fingerprint density at radius 1 is 0.356 bits per heavy atom. The first-order chi connectivity index (χ1) is 70.5. The molecule has 0 spiro atoms. The van der Waals surface area contributed by atoms with Crippen LogP contribution in [-0.2, 0) is 30.3 Å². The van der Waals surface area contributed by atoms with Crippen molar-refractivity contribution in [1.82, 2.24) is 47.3 Å². The molecular weight excluding hydrogens is 1870 g/mol. The molecule has 19 aromatic rings. The van der Waals surface area contributed by atoms with E-state index in [1.807, 2.05) is 231 Å². The lowest BCUT2D eigenvalue weighted by Gasteiger charge is -2.21. The number of nitrogen functional groups attached to an aromatic ring is 1. The molecule has 0 aliphatic carbocycles. The molecule has 31 nitrogen and oxygen atoms in total. The average Bonchev–Trinajstić information content (AvgIpc) is 1.61. The van der Waals surface area contributed by atoms with Crippen molar-refractivity contribution in [3.8, 4) is 80.1 Å². The van der Waals surface area contributed by atoms with E-state index in [9.17, 15) is 38.4 Å². The lowest BCUT2D eigenvalue weighted by atomic mass is 9.80. The number of nitrogens with zero attached hydrogens (tertiary/aromatic N) is 11. The zero-order valence-electron chi connectivity index (χ0n) is 79.8. The number of ether oxygens (including phenoxy) is 6. The Balaban J connectivity index is 0.000000138. The Kier molecular flexibility index (Phi) is 32.5. The van der Waals surface area contributed by atoms with Crippen molar-refractivity contribution in [3.63, 3.8) is 0 Å². The Morgan fingerprint density at radius 2 is 0.658 bits per heavy atom. The third-order valence-corrected chi connectivity index (χ3v) is 21.4. The summed E-state index contributed by atoms with van der Waals surface area (Å²) >= 11 is 4.71. The number of allylic oxidation sites excluding steroid dienone is 1. The van der Waals surface area contributed by atoms with E-state index in [0.717, 1.165) is 28.6 Å². The number of anilines is 6. The summed E-state index contributed by atoms with van der Waals surface area (Å²) < 4.78 is 43.7. The number of imidazole rings is 3. The van der Waals surface area contributed by atoms with Gasteiger partial charge in [0.1, 0.15) is 57.2 Å². The number of aromatic nitrogens is 10. The van der Waals surface area contributed by atoms with Crippen molar-refractivity contribution in [2.75, 3.05) is 26.6 Å². The fraction of sp³-hybridized carbons (Fsp3) is 0.0796. The van der Waals surface area contributed by atoms with E-state index < -0.39 is 35.7 Å². The van der Waals surface area contributed by atoms with E-state index in [1.165, 1.54) is 6.08 Å². The summed E-state index contributed by atoms with van der Waals surface area (Å²) in [4.78, 5) is 117. The van der Waals surface area contributed by atoms with Gasteiger partial charge in [0.05, 0.1) is 104 Å². The number of carbonyl (C=O) groups excluding carboxylic acids is 5. The van der Waals surface area contributed by atoms with Crippen molar-refractivity contribution < 1.29 is 62.4 Å². The number of fused-ring (bicyclic) bond motifs is 4. The molecule has 730 valence electrons. The lowest BCUT2D eigenvalue weighted by Crippen LogP contribution is -2.29. The van der Waals surface area contributed by atoms with E-state index in [1.54, 1.807) is 233 Å².